The van der Waals surface area contributed by atoms with Crippen molar-refractivity contribution in [3.8, 4) is 28.7 Å². The first kappa shape index (κ1) is 22.6. The van der Waals surface area contributed by atoms with Crippen LogP contribution < -0.4 is 24.3 Å². The number of hydrogen-bond donors (Lipinski definition) is 2. The molecule has 2 aliphatic rings. The molecule has 0 saturated heterocycles. The molecule has 2 unspecified atom stereocenters. The van der Waals surface area contributed by atoms with Crippen LogP contribution in [0.25, 0.3) is 0 Å². The number of aromatic hydroxyl groups is 1. The molecule has 0 aromatic heterocycles. The van der Waals surface area contributed by atoms with E-state index in [-0.39, 0.29) is 24.8 Å². The third-order valence-electron chi connectivity index (χ3n) is 5.94. The van der Waals surface area contributed by atoms with Crippen molar-refractivity contribution in [1.29, 1.82) is 0 Å². The van der Waals surface area contributed by atoms with Gasteiger partial charge in [0.1, 0.15) is 11.9 Å². The number of methoxy groups -OCH3 is 1. The summed E-state index contributed by atoms with van der Waals surface area (Å²) >= 11 is 3.58. The molecule has 0 saturated carbocycles. The average molecular weight is 525 g/mol. The van der Waals surface area contributed by atoms with Crippen LogP contribution in [0.4, 0.5) is 0 Å². The van der Waals surface area contributed by atoms with E-state index in [0.717, 1.165) is 38.4 Å². The summed E-state index contributed by atoms with van der Waals surface area (Å²) in [6, 6.07) is 17.1. The largest absolute Gasteiger partial charge is 0.504 e. The van der Waals surface area contributed by atoms with Gasteiger partial charge < -0.3 is 24.1 Å². The number of para-hydroxylation sites is 1. The van der Waals surface area contributed by atoms with Crippen LogP contribution in [-0.4, -0.2) is 31.3 Å². The third kappa shape index (κ3) is 4.31. The van der Waals surface area contributed by atoms with E-state index in [1.54, 1.807) is 13.2 Å². The summed E-state index contributed by atoms with van der Waals surface area (Å²) in [5, 5.41) is 14.6. The van der Waals surface area contributed by atoms with Gasteiger partial charge in [0.2, 0.25) is 6.79 Å². The summed E-state index contributed by atoms with van der Waals surface area (Å²) in [5.74, 6) is 2.80. The van der Waals surface area contributed by atoms with E-state index in [4.69, 9.17) is 23.9 Å². The zero-order valence-electron chi connectivity index (χ0n) is 18.9. The van der Waals surface area contributed by atoms with Crippen LogP contribution in [0.2, 0.25) is 0 Å². The van der Waals surface area contributed by atoms with E-state index in [0.29, 0.717) is 24.5 Å². The van der Waals surface area contributed by atoms with Crippen molar-refractivity contribution in [1.82, 2.24) is 5.32 Å². The van der Waals surface area contributed by atoms with Crippen molar-refractivity contribution in [2.75, 3.05) is 20.5 Å². The standard InChI is InChI=1S/C26H25BrN2O5/c1-3-32-23-6-4-5-17(25(23)30)20-13-19(15-7-10-22-24(12-15)34-14-33-22)28-26(29-20)16-8-9-21(31-2)18(27)11-16/h4-12,20,26,29-30H,3,13-14H2,1-2H3. The lowest BCUT2D eigenvalue weighted by Crippen LogP contribution is -2.33. The number of nitrogens with one attached hydrogen (secondary N) is 1. The molecule has 0 amide bonds. The van der Waals surface area contributed by atoms with Crippen LogP contribution in [0.1, 0.15) is 42.2 Å². The first-order valence-electron chi connectivity index (χ1n) is 11.1. The Morgan fingerprint density at radius 1 is 1.09 bits per heavy atom. The van der Waals surface area contributed by atoms with Crippen molar-refractivity contribution < 1.29 is 24.1 Å². The summed E-state index contributed by atoms with van der Waals surface area (Å²) in [5.41, 5.74) is 3.58. The Bertz CT molecular complexity index is 1250. The molecular weight excluding hydrogens is 500 g/mol. The van der Waals surface area contributed by atoms with Gasteiger partial charge >= 0.3 is 0 Å². The molecule has 0 spiro atoms. The molecule has 5 rings (SSSR count). The third-order valence-corrected chi connectivity index (χ3v) is 6.56. The van der Waals surface area contributed by atoms with Gasteiger partial charge in [-0.1, -0.05) is 18.2 Å². The van der Waals surface area contributed by atoms with Gasteiger partial charge in [-0.3, -0.25) is 10.3 Å². The smallest absolute Gasteiger partial charge is 0.231 e. The number of halogens is 1. The molecule has 3 aromatic rings. The minimum absolute atomic E-state index is 0.142. The van der Waals surface area contributed by atoms with Crippen molar-refractivity contribution in [2.45, 2.75) is 25.6 Å². The predicted molar refractivity (Wildman–Crippen MR) is 132 cm³/mol. The maximum atomic E-state index is 11.0. The van der Waals surface area contributed by atoms with Crippen molar-refractivity contribution >= 4 is 21.6 Å². The van der Waals surface area contributed by atoms with Gasteiger partial charge in [0.05, 0.1) is 18.2 Å². The highest BCUT2D eigenvalue weighted by atomic mass is 79.9. The summed E-state index contributed by atoms with van der Waals surface area (Å²) in [6.45, 7) is 2.59. The molecule has 0 aliphatic carbocycles. The Morgan fingerprint density at radius 3 is 2.74 bits per heavy atom. The van der Waals surface area contributed by atoms with Crippen LogP contribution in [0.15, 0.2) is 64.1 Å². The van der Waals surface area contributed by atoms with E-state index in [9.17, 15) is 5.11 Å². The van der Waals surface area contributed by atoms with Gasteiger partial charge in [0.15, 0.2) is 23.0 Å². The number of fused-ring (bicyclic) bond motifs is 1. The zero-order chi connectivity index (χ0) is 23.7. The number of nitrogens with zero attached hydrogens (tertiary/aromatic N) is 1. The van der Waals surface area contributed by atoms with Crippen molar-refractivity contribution in [3.05, 3.63) is 75.8 Å². The predicted octanol–water partition coefficient (Wildman–Crippen LogP) is 5.51. The molecule has 3 aromatic carbocycles. The van der Waals surface area contributed by atoms with E-state index in [1.807, 2.05) is 55.5 Å². The van der Waals surface area contributed by atoms with Gasteiger partial charge in [-0.05, 0) is 70.4 Å². The first-order chi connectivity index (χ1) is 16.6. The molecule has 2 atom stereocenters. The Hall–Kier alpha value is -3.23. The topological polar surface area (TPSA) is 81.5 Å². The molecular formula is C26H25BrN2O5. The second-order valence-corrected chi connectivity index (χ2v) is 8.85. The molecule has 2 aliphatic heterocycles. The van der Waals surface area contributed by atoms with Crippen LogP contribution >= 0.6 is 15.9 Å². The molecule has 8 heteroatoms. The van der Waals surface area contributed by atoms with E-state index >= 15 is 0 Å². The van der Waals surface area contributed by atoms with Gasteiger partial charge in [-0.25, -0.2) is 0 Å². The fraction of sp³-hybridized carbons (Fsp3) is 0.269. The molecule has 0 radical (unpaired) electrons. The summed E-state index contributed by atoms with van der Waals surface area (Å²) in [4.78, 5) is 5.04. The molecule has 0 bridgehead atoms. The Labute approximate surface area is 206 Å². The van der Waals surface area contributed by atoms with Gasteiger partial charge in [-0.2, -0.15) is 0 Å². The highest BCUT2D eigenvalue weighted by Crippen LogP contribution is 2.41. The fourth-order valence-electron chi connectivity index (χ4n) is 4.27. The van der Waals surface area contributed by atoms with Crippen molar-refractivity contribution in [3.63, 3.8) is 0 Å². The van der Waals surface area contributed by atoms with Crippen LogP contribution in [0.5, 0.6) is 28.7 Å². The van der Waals surface area contributed by atoms with E-state index in [2.05, 4.69) is 21.2 Å². The van der Waals surface area contributed by atoms with Crippen molar-refractivity contribution in [2.24, 2.45) is 4.99 Å². The quantitative estimate of drug-likeness (QED) is 0.442. The molecule has 0 fully saturated rings. The normalized spacial score (nSPS) is 19.0. The number of rotatable bonds is 6. The minimum atomic E-state index is -0.337. The minimum Gasteiger partial charge on any atom is -0.504 e. The molecule has 2 N–H and O–H groups in total. The number of benzene rings is 3. The summed E-state index contributed by atoms with van der Waals surface area (Å²) < 4.78 is 22.9. The van der Waals surface area contributed by atoms with E-state index < -0.39 is 0 Å². The highest BCUT2D eigenvalue weighted by Gasteiger charge is 2.29. The molecule has 7 nitrogen and oxygen atoms in total. The second kappa shape index (κ2) is 9.56. The van der Waals surface area contributed by atoms with Gasteiger partial charge in [-0.15, -0.1) is 0 Å². The SMILES string of the molecule is CCOc1cccc(C2CC(c3ccc4c(c3)OCO4)=NC(c3ccc(OC)c(Br)c3)N2)c1O. The number of aliphatic imine (C=N–C) groups is 1. The monoisotopic (exact) mass is 524 g/mol. The Morgan fingerprint density at radius 2 is 1.94 bits per heavy atom. The van der Waals surface area contributed by atoms with E-state index in [1.165, 1.54) is 0 Å². The number of phenolic OH excluding ortho intramolecular Hbond substituents is 1. The maximum Gasteiger partial charge on any atom is 0.231 e. The molecule has 2 heterocycles. The van der Waals surface area contributed by atoms with Crippen LogP contribution in [0.3, 0.4) is 0 Å². The zero-order valence-corrected chi connectivity index (χ0v) is 20.5. The van der Waals surface area contributed by atoms with Gasteiger partial charge in [0.25, 0.3) is 0 Å². The summed E-state index contributed by atoms with van der Waals surface area (Å²) in [6.07, 6.45) is 0.243. The second-order valence-electron chi connectivity index (χ2n) is 7.99. The number of hydrogen-bond acceptors (Lipinski definition) is 7. The first-order valence-corrected chi connectivity index (χ1v) is 11.9. The lowest BCUT2D eigenvalue weighted by atomic mass is 9.93. The number of phenols is 1. The molecule has 34 heavy (non-hydrogen) atoms. The van der Waals surface area contributed by atoms with Crippen LogP contribution in [0, 0.1) is 0 Å². The lowest BCUT2D eigenvalue weighted by molar-refractivity contribution is 0.174. The Balaban J connectivity index is 1.56. The number of ether oxygens (including phenoxy) is 4. The fourth-order valence-corrected chi connectivity index (χ4v) is 4.83. The Kier molecular flexibility index (Phi) is 6.34. The molecule has 176 valence electrons. The average Bonchev–Trinajstić information content (AvgIpc) is 3.33. The lowest BCUT2D eigenvalue weighted by Gasteiger charge is -2.31. The van der Waals surface area contributed by atoms with Gasteiger partial charge in [0, 0.05) is 23.7 Å². The highest BCUT2D eigenvalue weighted by molar-refractivity contribution is 9.10. The maximum absolute atomic E-state index is 11.0. The summed E-state index contributed by atoms with van der Waals surface area (Å²) in [7, 11) is 1.64. The van der Waals surface area contributed by atoms with Crippen LogP contribution in [-0.2, 0) is 0 Å².